The molecule has 3 saturated heterocycles. The van der Waals surface area contributed by atoms with E-state index in [9.17, 15) is 9.59 Å². The molecule has 3 N–H and O–H groups in total. The minimum Gasteiger partial charge on any atom is -0.461 e. The number of hydrogen-bond donors (Lipinski definition) is 3. The Morgan fingerprint density at radius 1 is 1.00 bits per heavy atom. The second-order valence-electron chi connectivity index (χ2n) is 8.77. The zero-order valence-corrected chi connectivity index (χ0v) is 18.6. The first-order valence-electron chi connectivity index (χ1n) is 10.4. The van der Waals surface area contributed by atoms with Gasteiger partial charge in [0.15, 0.2) is 0 Å². The van der Waals surface area contributed by atoms with Gasteiger partial charge in [0.25, 0.3) is 0 Å². The summed E-state index contributed by atoms with van der Waals surface area (Å²) < 4.78 is 5.76. The van der Waals surface area contributed by atoms with Crippen LogP contribution in [-0.2, 0) is 14.3 Å². The van der Waals surface area contributed by atoms with Crippen LogP contribution in [-0.4, -0.2) is 61.1 Å². The van der Waals surface area contributed by atoms with Gasteiger partial charge in [-0.25, -0.2) is 0 Å². The van der Waals surface area contributed by atoms with Crippen molar-refractivity contribution in [3.63, 3.8) is 0 Å². The number of nitrogens with one attached hydrogen (secondary N) is 3. The van der Waals surface area contributed by atoms with Gasteiger partial charge < -0.3 is 20.7 Å². The minimum atomic E-state index is -0.534. The van der Waals surface area contributed by atoms with Gasteiger partial charge >= 0.3 is 5.97 Å². The number of piperidine rings is 2. The fourth-order valence-electron chi connectivity index (χ4n) is 5.27. The number of nitrogens with zero attached hydrogens (tertiary/aromatic N) is 1. The zero-order valence-electron chi connectivity index (χ0n) is 16.9. The molecule has 1 atom stereocenters. The van der Waals surface area contributed by atoms with Gasteiger partial charge in [-0.3, -0.25) is 14.5 Å². The summed E-state index contributed by atoms with van der Waals surface area (Å²) in [7, 11) is 0. The van der Waals surface area contributed by atoms with Crippen LogP contribution in [0.4, 0.5) is 11.4 Å². The molecule has 0 saturated carbocycles. The van der Waals surface area contributed by atoms with Gasteiger partial charge in [0, 0.05) is 26.1 Å². The molecule has 1 aromatic rings. The van der Waals surface area contributed by atoms with Gasteiger partial charge in [0.2, 0.25) is 5.91 Å². The normalized spacial score (nSPS) is 26.6. The fraction of sp³-hybridized carbons (Fsp3) is 0.619. The molecule has 0 aromatic heterocycles. The third kappa shape index (κ3) is 4.00. The lowest BCUT2D eigenvalue weighted by molar-refractivity contribution is -0.150. The topological polar surface area (TPSA) is 82.7 Å². The first-order chi connectivity index (χ1) is 13.6. The SMILES string of the molecule is Cl.Cl.O=C1OC(CN2CCC3(CC2)Nc2ccccc2NC3=O)CC12CCNCC2. The Hall–Kier alpha value is -1.54. The largest absolute Gasteiger partial charge is 0.461 e. The van der Waals surface area contributed by atoms with Gasteiger partial charge in [-0.2, -0.15) is 0 Å². The monoisotopic (exact) mass is 456 g/mol. The molecule has 1 amide bonds. The van der Waals surface area contributed by atoms with E-state index in [1.54, 1.807) is 0 Å². The number of amides is 1. The molecule has 1 aromatic carbocycles. The van der Waals surface area contributed by atoms with Crippen LogP contribution in [0.2, 0.25) is 0 Å². The first kappa shape index (κ1) is 23.1. The number of cyclic esters (lactones) is 1. The number of benzene rings is 1. The van der Waals surface area contributed by atoms with Crippen molar-refractivity contribution in [1.82, 2.24) is 10.2 Å². The molecule has 5 rings (SSSR count). The second-order valence-corrected chi connectivity index (χ2v) is 8.77. The fourth-order valence-corrected chi connectivity index (χ4v) is 5.27. The molecule has 4 aliphatic rings. The number of carbonyl (C=O) groups excluding carboxylic acids is 2. The van der Waals surface area contributed by atoms with Gasteiger partial charge in [-0.05, 0) is 50.9 Å². The summed E-state index contributed by atoms with van der Waals surface area (Å²) in [6, 6.07) is 7.85. The van der Waals surface area contributed by atoms with Gasteiger partial charge in [0.1, 0.15) is 11.6 Å². The highest BCUT2D eigenvalue weighted by Crippen LogP contribution is 2.42. The summed E-state index contributed by atoms with van der Waals surface area (Å²) in [4.78, 5) is 27.6. The molecule has 3 fully saturated rings. The lowest BCUT2D eigenvalue weighted by atomic mass is 9.76. The standard InChI is InChI=1S/C21H28N4O3.2ClH/c26-18-21(24-17-4-2-1-3-16(17)23-18)7-11-25(12-8-21)14-15-13-20(19(27)28-15)5-9-22-10-6-20;;/h1-4,15,22,24H,5-14H2,(H,23,26);2*1H. The Balaban J connectivity index is 0.00000128. The van der Waals surface area contributed by atoms with Crippen LogP contribution in [0.5, 0.6) is 0 Å². The molecule has 2 spiro atoms. The maximum atomic E-state index is 12.8. The van der Waals surface area contributed by atoms with Crippen LogP contribution in [0.25, 0.3) is 0 Å². The van der Waals surface area contributed by atoms with Crippen molar-refractivity contribution in [2.45, 2.75) is 43.7 Å². The van der Waals surface area contributed by atoms with Crippen LogP contribution in [0.1, 0.15) is 32.1 Å². The van der Waals surface area contributed by atoms with E-state index in [2.05, 4.69) is 20.9 Å². The predicted molar refractivity (Wildman–Crippen MR) is 121 cm³/mol. The highest BCUT2D eigenvalue weighted by Gasteiger charge is 2.50. The van der Waals surface area contributed by atoms with Crippen molar-refractivity contribution < 1.29 is 14.3 Å². The summed E-state index contributed by atoms with van der Waals surface area (Å²) in [5.74, 6) is 0.0595. The van der Waals surface area contributed by atoms with Crippen LogP contribution in [0, 0.1) is 5.41 Å². The Morgan fingerprint density at radius 3 is 2.37 bits per heavy atom. The highest BCUT2D eigenvalue weighted by molar-refractivity contribution is 6.06. The average Bonchev–Trinajstić information content (AvgIpc) is 2.99. The number of fused-ring (bicyclic) bond motifs is 1. The Kier molecular flexibility index (Phi) is 6.87. The Morgan fingerprint density at radius 2 is 1.67 bits per heavy atom. The van der Waals surface area contributed by atoms with Gasteiger partial charge in [0.05, 0.1) is 16.8 Å². The van der Waals surface area contributed by atoms with Crippen LogP contribution in [0.3, 0.4) is 0 Å². The molecule has 7 nitrogen and oxygen atoms in total. The summed E-state index contributed by atoms with van der Waals surface area (Å²) in [5, 5.41) is 9.89. The molecular weight excluding hydrogens is 427 g/mol. The average molecular weight is 457 g/mol. The number of anilines is 2. The molecule has 9 heteroatoms. The molecule has 1 unspecified atom stereocenters. The first-order valence-corrected chi connectivity index (χ1v) is 10.4. The van der Waals surface area contributed by atoms with Crippen molar-refractivity contribution in [1.29, 1.82) is 0 Å². The molecule has 166 valence electrons. The molecular formula is C21H30Cl2N4O3. The van der Waals surface area contributed by atoms with E-state index in [1.165, 1.54) is 0 Å². The predicted octanol–water partition coefficient (Wildman–Crippen LogP) is 2.41. The van der Waals surface area contributed by atoms with Crippen LogP contribution >= 0.6 is 24.8 Å². The van der Waals surface area contributed by atoms with E-state index in [0.717, 1.165) is 76.2 Å². The number of ether oxygens (including phenoxy) is 1. The summed E-state index contributed by atoms with van der Waals surface area (Å²) in [5.41, 5.74) is 1.05. The number of halogens is 2. The van der Waals surface area contributed by atoms with E-state index >= 15 is 0 Å². The molecule has 0 radical (unpaired) electrons. The molecule has 0 aliphatic carbocycles. The van der Waals surface area contributed by atoms with Crippen molar-refractivity contribution >= 4 is 48.1 Å². The minimum absolute atomic E-state index is 0. The van der Waals surface area contributed by atoms with Gasteiger partial charge in [-0.15, -0.1) is 24.8 Å². The quantitative estimate of drug-likeness (QED) is 0.592. The van der Waals surface area contributed by atoms with E-state index < -0.39 is 5.54 Å². The maximum Gasteiger partial charge on any atom is 0.312 e. The van der Waals surface area contributed by atoms with Crippen molar-refractivity contribution in [3.05, 3.63) is 24.3 Å². The third-order valence-corrected chi connectivity index (χ3v) is 7.04. The summed E-state index contributed by atoms with van der Waals surface area (Å²) >= 11 is 0. The van der Waals surface area contributed by atoms with Crippen LogP contribution in [0.15, 0.2) is 24.3 Å². The Labute approximate surface area is 189 Å². The number of carbonyl (C=O) groups is 2. The molecule has 0 bridgehead atoms. The zero-order chi connectivity index (χ0) is 19.2. The number of para-hydroxylation sites is 2. The van der Waals surface area contributed by atoms with E-state index in [4.69, 9.17) is 4.74 Å². The number of hydrogen-bond acceptors (Lipinski definition) is 6. The smallest absolute Gasteiger partial charge is 0.312 e. The van der Waals surface area contributed by atoms with E-state index in [0.29, 0.717) is 0 Å². The van der Waals surface area contributed by atoms with E-state index in [1.807, 2.05) is 24.3 Å². The third-order valence-electron chi connectivity index (χ3n) is 7.04. The highest BCUT2D eigenvalue weighted by atomic mass is 35.5. The number of likely N-dealkylation sites (tertiary alicyclic amines) is 1. The lowest BCUT2D eigenvalue weighted by Gasteiger charge is -2.44. The number of rotatable bonds is 2. The molecule has 30 heavy (non-hydrogen) atoms. The van der Waals surface area contributed by atoms with Crippen molar-refractivity contribution in [2.24, 2.45) is 5.41 Å². The van der Waals surface area contributed by atoms with E-state index in [-0.39, 0.29) is 48.2 Å². The molecule has 4 heterocycles. The lowest BCUT2D eigenvalue weighted by Crippen LogP contribution is -2.58. The van der Waals surface area contributed by atoms with Crippen LogP contribution < -0.4 is 16.0 Å². The summed E-state index contributed by atoms with van der Waals surface area (Å²) in [6.07, 6.45) is 4.09. The maximum absolute atomic E-state index is 12.8. The Bertz CT molecular complexity index is 792. The van der Waals surface area contributed by atoms with Crippen molar-refractivity contribution in [2.75, 3.05) is 43.4 Å². The molecule has 4 aliphatic heterocycles. The number of esters is 1. The van der Waals surface area contributed by atoms with Gasteiger partial charge in [-0.1, -0.05) is 12.1 Å². The van der Waals surface area contributed by atoms with Crippen molar-refractivity contribution in [3.8, 4) is 0 Å². The second kappa shape index (κ2) is 8.91. The summed E-state index contributed by atoms with van der Waals surface area (Å²) in [6.45, 7) is 4.22.